The van der Waals surface area contributed by atoms with Crippen molar-refractivity contribution in [2.24, 2.45) is 5.73 Å². The first-order valence-electron chi connectivity index (χ1n) is 7.96. The summed E-state index contributed by atoms with van der Waals surface area (Å²) in [4.78, 5) is 4.60. The van der Waals surface area contributed by atoms with E-state index in [-0.39, 0.29) is 0 Å². The van der Waals surface area contributed by atoms with E-state index in [1.54, 1.807) is 0 Å². The largest absolute Gasteiger partial charge is 0.339 e. The number of nitrogens with zero attached hydrogens (tertiary/aromatic N) is 2. The molecule has 0 saturated carbocycles. The number of nitrogens with two attached hydrogens (primary N) is 1. The number of aryl methyl sites for hydroxylation is 2. The Hall–Kier alpha value is -1.68. The van der Waals surface area contributed by atoms with Gasteiger partial charge in [-0.05, 0) is 49.8 Å². The zero-order valence-corrected chi connectivity index (χ0v) is 12.4. The smallest absolute Gasteiger partial charge is 0.226 e. The predicted molar refractivity (Wildman–Crippen MR) is 82.1 cm³/mol. The molecule has 0 bridgehead atoms. The Morgan fingerprint density at radius 1 is 1.14 bits per heavy atom. The molecule has 0 spiro atoms. The van der Waals surface area contributed by atoms with Crippen molar-refractivity contribution in [3.05, 3.63) is 47.1 Å². The van der Waals surface area contributed by atoms with E-state index < -0.39 is 0 Å². The maximum Gasteiger partial charge on any atom is 0.226 e. The number of hydrogen-bond donors (Lipinski definition) is 1. The molecule has 1 unspecified atom stereocenters. The van der Waals surface area contributed by atoms with Gasteiger partial charge < -0.3 is 10.3 Å². The summed E-state index contributed by atoms with van der Waals surface area (Å²) in [6, 6.07) is 8.67. The van der Waals surface area contributed by atoms with Gasteiger partial charge in [-0.25, -0.2) is 0 Å². The molecule has 2 aromatic rings. The zero-order valence-electron chi connectivity index (χ0n) is 12.4. The fourth-order valence-corrected chi connectivity index (χ4v) is 3.05. The second kappa shape index (κ2) is 6.85. The molecular formula is C17H23N3O. The summed E-state index contributed by atoms with van der Waals surface area (Å²) in [5.74, 6) is 2.07. The van der Waals surface area contributed by atoms with Crippen molar-refractivity contribution in [1.29, 1.82) is 0 Å². The quantitative estimate of drug-likeness (QED) is 0.829. The fraction of sp³-hybridized carbons (Fsp3) is 0.529. The molecule has 0 fully saturated rings. The lowest BCUT2D eigenvalue weighted by atomic mass is 9.83. The highest BCUT2D eigenvalue weighted by Crippen LogP contribution is 2.31. The van der Waals surface area contributed by atoms with E-state index in [0.29, 0.717) is 5.92 Å². The fourth-order valence-electron chi connectivity index (χ4n) is 3.05. The van der Waals surface area contributed by atoms with Gasteiger partial charge in [-0.15, -0.1) is 0 Å². The first-order chi connectivity index (χ1) is 10.4. The summed E-state index contributed by atoms with van der Waals surface area (Å²) in [6.07, 6.45) is 7.40. The van der Waals surface area contributed by atoms with Crippen LogP contribution in [0.25, 0.3) is 0 Å². The Balaban J connectivity index is 1.59. The van der Waals surface area contributed by atoms with Gasteiger partial charge in [0, 0.05) is 12.3 Å². The van der Waals surface area contributed by atoms with Gasteiger partial charge in [0.05, 0.1) is 0 Å². The third-order valence-corrected chi connectivity index (χ3v) is 4.29. The van der Waals surface area contributed by atoms with E-state index in [2.05, 4.69) is 34.4 Å². The second-order valence-corrected chi connectivity index (χ2v) is 5.85. The van der Waals surface area contributed by atoms with Crippen molar-refractivity contribution in [1.82, 2.24) is 10.1 Å². The molecule has 21 heavy (non-hydrogen) atoms. The third-order valence-electron chi connectivity index (χ3n) is 4.29. The molecule has 1 atom stereocenters. The van der Waals surface area contributed by atoms with Crippen LogP contribution < -0.4 is 5.73 Å². The molecule has 0 radical (unpaired) electrons. The van der Waals surface area contributed by atoms with E-state index in [0.717, 1.165) is 63.2 Å². The van der Waals surface area contributed by atoms with Crippen molar-refractivity contribution in [3.8, 4) is 0 Å². The lowest BCUT2D eigenvalue weighted by Gasteiger charge is -2.21. The van der Waals surface area contributed by atoms with E-state index in [1.807, 2.05) is 0 Å². The van der Waals surface area contributed by atoms with Crippen LogP contribution in [0.5, 0.6) is 0 Å². The molecule has 1 aromatic heterocycles. The molecule has 1 aliphatic carbocycles. The maximum absolute atomic E-state index is 5.50. The maximum atomic E-state index is 5.50. The second-order valence-electron chi connectivity index (χ2n) is 5.85. The molecular weight excluding hydrogens is 262 g/mol. The highest BCUT2D eigenvalue weighted by molar-refractivity contribution is 5.31. The van der Waals surface area contributed by atoms with Crippen LogP contribution in [0, 0.1) is 0 Å². The number of unbranched alkanes of at least 4 members (excludes halogenated alkanes) is 2. The van der Waals surface area contributed by atoms with Gasteiger partial charge in [0.25, 0.3) is 0 Å². The van der Waals surface area contributed by atoms with E-state index in [9.17, 15) is 0 Å². The normalized spacial score (nSPS) is 17.7. The Morgan fingerprint density at radius 3 is 2.86 bits per heavy atom. The van der Waals surface area contributed by atoms with Gasteiger partial charge in [0.1, 0.15) is 0 Å². The summed E-state index contributed by atoms with van der Waals surface area (Å²) < 4.78 is 5.39. The summed E-state index contributed by atoms with van der Waals surface area (Å²) >= 11 is 0. The molecule has 1 aromatic carbocycles. The minimum absolute atomic E-state index is 0.404. The Kier molecular flexibility index (Phi) is 4.65. The van der Waals surface area contributed by atoms with Gasteiger partial charge in [-0.2, -0.15) is 4.98 Å². The van der Waals surface area contributed by atoms with E-state index in [4.69, 9.17) is 10.3 Å². The summed E-state index contributed by atoms with van der Waals surface area (Å²) in [7, 11) is 0. The lowest BCUT2D eigenvalue weighted by Crippen LogP contribution is -2.13. The molecule has 4 nitrogen and oxygen atoms in total. The van der Waals surface area contributed by atoms with Crippen LogP contribution in [0.1, 0.15) is 54.4 Å². The number of rotatable bonds is 6. The number of hydrogen-bond acceptors (Lipinski definition) is 4. The topological polar surface area (TPSA) is 64.9 Å². The van der Waals surface area contributed by atoms with Crippen molar-refractivity contribution in [2.45, 2.75) is 50.9 Å². The molecule has 1 aliphatic rings. The molecule has 2 N–H and O–H groups in total. The average Bonchev–Trinajstić information content (AvgIpc) is 3.00. The van der Waals surface area contributed by atoms with E-state index >= 15 is 0 Å². The minimum Gasteiger partial charge on any atom is -0.339 e. The summed E-state index contributed by atoms with van der Waals surface area (Å²) in [5.41, 5.74) is 8.40. The molecule has 3 rings (SSSR count). The SMILES string of the molecule is NCCCCCc1nc(C2CCc3ccccc3C2)no1. The predicted octanol–water partition coefficient (Wildman–Crippen LogP) is 3.01. The number of fused-ring (bicyclic) bond motifs is 1. The average molecular weight is 285 g/mol. The van der Waals surface area contributed by atoms with Gasteiger partial charge >= 0.3 is 0 Å². The Labute approximate surface area is 125 Å². The van der Waals surface area contributed by atoms with Crippen LogP contribution in [-0.4, -0.2) is 16.7 Å². The van der Waals surface area contributed by atoms with Crippen LogP contribution in [0.2, 0.25) is 0 Å². The van der Waals surface area contributed by atoms with Gasteiger partial charge in [0.15, 0.2) is 5.82 Å². The van der Waals surface area contributed by atoms with Crippen LogP contribution >= 0.6 is 0 Å². The van der Waals surface area contributed by atoms with Crippen molar-refractivity contribution >= 4 is 0 Å². The van der Waals surface area contributed by atoms with Crippen LogP contribution in [0.15, 0.2) is 28.8 Å². The highest BCUT2D eigenvalue weighted by atomic mass is 16.5. The zero-order chi connectivity index (χ0) is 14.5. The third kappa shape index (κ3) is 3.50. The van der Waals surface area contributed by atoms with Crippen molar-refractivity contribution in [2.75, 3.05) is 6.54 Å². The Morgan fingerprint density at radius 2 is 2.00 bits per heavy atom. The molecule has 0 aliphatic heterocycles. The standard InChI is InChI=1S/C17H23N3O/c18-11-5-1-2-8-16-19-17(20-21-16)15-10-9-13-6-3-4-7-14(13)12-15/h3-4,6-7,15H,1-2,5,8-12,18H2. The Bertz CT molecular complexity index is 579. The first kappa shape index (κ1) is 14.3. The van der Waals surface area contributed by atoms with Crippen LogP contribution in [0.4, 0.5) is 0 Å². The number of aromatic nitrogens is 2. The van der Waals surface area contributed by atoms with Crippen molar-refractivity contribution in [3.63, 3.8) is 0 Å². The lowest BCUT2D eigenvalue weighted by molar-refractivity contribution is 0.363. The molecule has 0 saturated heterocycles. The highest BCUT2D eigenvalue weighted by Gasteiger charge is 2.23. The van der Waals surface area contributed by atoms with Crippen molar-refractivity contribution < 1.29 is 4.52 Å². The molecule has 4 heteroatoms. The molecule has 112 valence electrons. The molecule has 1 heterocycles. The van der Waals surface area contributed by atoms with Crippen LogP contribution in [-0.2, 0) is 19.3 Å². The summed E-state index contributed by atoms with van der Waals surface area (Å²) in [5, 5.41) is 4.20. The number of benzene rings is 1. The van der Waals surface area contributed by atoms with Gasteiger partial charge in [-0.3, -0.25) is 0 Å². The minimum atomic E-state index is 0.404. The molecule has 0 amide bonds. The monoisotopic (exact) mass is 285 g/mol. The van der Waals surface area contributed by atoms with Gasteiger partial charge in [-0.1, -0.05) is 35.8 Å². The van der Waals surface area contributed by atoms with Gasteiger partial charge in [0.2, 0.25) is 5.89 Å². The first-order valence-corrected chi connectivity index (χ1v) is 7.96. The summed E-state index contributed by atoms with van der Waals surface area (Å²) in [6.45, 7) is 0.760. The van der Waals surface area contributed by atoms with Crippen LogP contribution in [0.3, 0.4) is 0 Å². The van der Waals surface area contributed by atoms with E-state index in [1.165, 1.54) is 11.1 Å².